The third-order valence-electron chi connectivity index (χ3n) is 7.00. The van der Waals surface area contributed by atoms with Gasteiger partial charge in [0, 0.05) is 6.42 Å². The molecule has 0 aromatic heterocycles. The van der Waals surface area contributed by atoms with E-state index in [-0.39, 0.29) is 12.3 Å². The zero-order valence-electron chi connectivity index (χ0n) is 18.9. The highest BCUT2D eigenvalue weighted by atomic mass is 16.4. The van der Waals surface area contributed by atoms with Gasteiger partial charge in [-0.15, -0.1) is 0 Å². The van der Waals surface area contributed by atoms with Gasteiger partial charge in [-0.05, 0) is 55.4 Å². The van der Waals surface area contributed by atoms with Crippen molar-refractivity contribution in [3.8, 4) is 11.1 Å². The number of amides is 1. The second-order valence-corrected chi connectivity index (χ2v) is 9.01. The molecule has 170 valence electrons. The van der Waals surface area contributed by atoms with Crippen LogP contribution in [0.3, 0.4) is 0 Å². The van der Waals surface area contributed by atoms with E-state index in [0.29, 0.717) is 0 Å². The lowest BCUT2D eigenvalue weighted by atomic mass is 9.91. The molecule has 5 aromatic rings. The zero-order chi connectivity index (χ0) is 23.9. The third kappa shape index (κ3) is 3.55. The number of carbonyl (C=O) groups excluding carboxylic acids is 1. The number of hydrogen-bond acceptors (Lipinski definition) is 2. The monoisotopic (exact) mass is 457 g/mol. The average molecular weight is 458 g/mol. The molecule has 0 saturated heterocycles. The number of carbonyl (C=O) groups is 2. The first-order chi connectivity index (χ1) is 17.1. The minimum absolute atomic E-state index is 0.193. The Morgan fingerprint density at radius 1 is 0.714 bits per heavy atom. The van der Waals surface area contributed by atoms with Gasteiger partial charge in [0.2, 0.25) is 5.91 Å². The molecule has 0 heterocycles. The highest BCUT2D eigenvalue weighted by Gasteiger charge is 2.35. The molecule has 0 radical (unpaired) electrons. The van der Waals surface area contributed by atoms with Crippen LogP contribution in [-0.4, -0.2) is 23.0 Å². The van der Waals surface area contributed by atoms with E-state index >= 15 is 0 Å². The van der Waals surface area contributed by atoms with Crippen LogP contribution in [0.2, 0.25) is 0 Å². The lowest BCUT2D eigenvalue weighted by Crippen LogP contribution is -2.44. The Bertz CT molecular complexity index is 1520. The second-order valence-electron chi connectivity index (χ2n) is 9.01. The fourth-order valence-electron chi connectivity index (χ4n) is 5.43. The Kier molecular flexibility index (Phi) is 5.07. The maximum absolute atomic E-state index is 13.6. The second kappa shape index (κ2) is 8.41. The topological polar surface area (TPSA) is 66.4 Å². The zero-order valence-corrected chi connectivity index (χ0v) is 18.9. The first kappa shape index (κ1) is 21.1. The number of fused-ring (bicyclic) bond motifs is 5. The number of benzene rings is 5. The van der Waals surface area contributed by atoms with Gasteiger partial charge >= 0.3 is 5.97 Å². The summed E-state index contributed by atoms with van der Waals surface area (Å²) in [7, 11) is 0. The van der Waals surface area contributed by atoms with Gasteiger partial charge in [0.05, 0.1) is 5.92 Å². The van der Waals surface area contributed by atoms with E-state index in [2.05, 4.69) is 11.4 Å². The molecular weight excluding hydrogens is 434 g/mol. The molecule has 0 unspecified atom stereocenters. The normalized spacial score (nSPS) is 13.4. The van der Waals surface area contributed by atoms with Crippen LogP contribution in [0.4, 0.5) is 0 Å². The summed E-state index contributed by atoms with van der Waals surface area (Å²) in [5.74, 6) is -1.87. The van der Waals surface area contributed by atoms with Crippen LogP contribution >= 0.6 is 0 Å². The Balaban J connectivity index is 1.39. The predicted molar refractivity (Wildman–Crippen MR) is 138 cm³/mol. The maximum Gasteiger partial charge on any atom is 0.326 e. The summed E-state index contributed by atoms with van der Waals surface area (Å²) in [5.41, 5.74) is 4.79. The van der Waals surface area contributed by atoms with Crippen LogP contribution in [0, 0.1) is 0 Å². The summed E-state index contributed by atoms with van der Waals surface area (Å²) < 4.78 is 0. The Morgan fingerprint density at radius 2 is 1.20 bits per heavy atom. The van der Waals surface area contributed by atoms with Gasteiger partial charge in [-0.1, -0.05) is 97.1 Å². The quantitative estimate of drug-likeness (QED) is 0.322. The van der Waals surface area contributed by atoms with Crippen molar-refractivity contribution in [1.82, 2.24) is 5.32 Å². The first-order valence-electron chi connectivity index (χ1n) is 11.7. The fourth-order valence-corrected chi connectivity index (χ4v) is 5.43. The van der Waals surface area contributed by atoms with Crippen LogP contribution in [0.15, 0.2) is 103 Å². The van der Waals surface area contributed by atoms with Gasteiger partial charge in [0.1, 0.15) is 6.04 Å². The van der Waals surface area contributed by atoms with Gasteiger partial charge in [-0.2, -0.15) is 0 Å². The summed E-state index contributed by atoms with van der Waals surface area (Å²) in [5, 5.41) is 17.1. The molecule has 0 saturated carbocycles. The van der Waals surface area contributed by atoms with Crippen LogP contribution in [-0.2, 0) is 16.0 Å². The van der Waals surface area contributed by atoms with E-state index in [0.717, 1.165) is 49.4 Å². The summed E-state index contributed by atoms with van der Waals surface area (Å²) >= 11 is 0. The summed E-state index contributed by atoms with van der Waals surface area (Å²) in [6.07, 6.45) is 0.193. The number of hydrogen-bond donors (Lipinski definition) is 2. The smallest absolute Gasteiger partial charge is 0.326 e. The van der Waals surface area contributed by atoms with Gasteiger partial charge < -0.3 is 10.4 Å². The lowest BCUT2D eigenvalue weighted by molar-refractivity contribution is -0.141. The van der Waals surface area contributed by atoms with E-state index in [1.54, 1.807) is 0 Å². The molecule has 6 rings (SSSR count). The summed E-state index contributed by atoms with van der Waals surface area (Å²) in [6, 6.07) is 32.7. The molecule has 2 N–H and O–H groups in total. The SMILES string of the molecule is O=C(N[C@H](Cc1c2ccccc2cc2ccccc12)C(=O)O)C1c2ccccc2-c2ccccc21. The Morgan fingerprint density at radius 3 is 1.74 bits per heavy atom. The van der Waals surface area contributed by atoms with E-state index in [4.69, 9.17) is 0 Å². The van der Waals surface area contributed by atoms with Crippen molar-refractivity contribution in [3.05, 3.63) is 120 Å². The number of carboxylic acids is 1. The molecule has 0 spiro atoms. The third-order valence-corrected chi connectivity index (χ3v) is 7.00. The number of rotatable bonds is 5. The van der Waals surface area contributed by atoms with Crippen LogP contribution in [0.1, 0.15) is 22.6 Å². The van der Waals surface area contributed by atoms with Gasteiger partial charge in [-0.25, -0.2) is 4.79 Å². The molecule has 1 atom stereocenters. The molecule has 1 aliphatic rings. The molecule has 0 fully saturated rings. The molecule has 1 amide bonds. The van der Waals surface area contributed by atoms with Crippen molar-refractivity contribution in [2.24, 2.45) is 0 Å². The summed E-state index contributed by atoms with van der Waals surface area (Å²) in [6.45, 7) is 0. The first-order valence-corrected chi connectivity index (χ1v) is 11.7. The van der Waals surface area contributed by atoms with Crippen LogP contribution in [0.5, 0.6) is 0 Å². The lowest BCUT2D eigenvalue weighted by Gasteiger charge is -2.21. The molecule has 5 aromatic carbocycles. The Hall–Kier alpha value is -4.44. The molecule has 0 bridgehead atoms. The molecule has 1 aliphatic carbocycles. The molecule has 4 heteroatoms. The molecule has 0 aliphatic heterocycles. The van der Waals surface area contributed by atoms with Crippen molar-refractivity contribution in [2.75, 3.05) is 0 Å². The van der Waals surface area contributed by atoms with Crippen molar-refractivity contribution >= 4 is 33.4 Å². The highest BCUT2D eigenvalue weighted by Crippen LogP contribution is 2.44. The minimum atomic E-state index is -1.06. The minimum Gasteiger partial charge on any atom is -0.480 e. The van der Waals surface area contributed by atoms with E-state index in [1.165, 1.54) is 0 Å². The largest absolute Gasteiger partial charge is 0.480 e. The van der Waals surface area contributed by atoms with Crippen LogP contribution in [0.25, 0.3) is 32.7 Å². The van der Waals surface area contributed by atoms with Gasteiger partial charge in [0.25, 0.3) is 0 Å². The van der Waals surface area contributed by atoms with Crippen LogP contribution < -0.4 is 5.32 Å². The van der Waals surface area contributed by atoms with Crippen molar-refractivity contribution in [2.45, 2.75) is 18.4 Å². The molecular formula is C31H23NO3. The van der Waals surface area contributed by atoms with Crippen molar-refractivity contribution in [1.29, 1.82) is 0 Å². The maximum atomic E-state index is 13.6. The van der Waals surface area contributed by atoms with Crippen molar-refractivity contribution in [3.63, 3.8) is 0 Å². The average Bonchev–Trinajstić information content (AvgIpc) is 3.22. The molecule has 4 nitrogen and oxygen atoms in total. The predicted octanol–water partition coefficient (Wildman–Crippen LogP) is 5.92. The van der Waals surface area contributed by atoms with Gasteiger partial charge in [-0.3, -0.25) is 4.79 Å². The standard InChI is InChI=1S/C31H23NO3/c33-30(29-25-15-7-5-13-23(25)24-14-6-8-16-26(24)29)32-28(31(34)35)18-27-21-11-3-1-9-19(21)17-20-10-2-4-12-22(20)27/h1-17,28-29H,18H2,(H,32,33)(H,34,35)/t28-/m1/s1. The number of carboxylic acid groups (broad SMARTS) is 1. The van der Waals surface area contributed by atoms with E-state index < -0.39 is 17.9 Å². The highest BCUT2D eigenvalue weighted by molar-refractivity contribution is 6.03. The number of nitrogens with one attached hydrogen (secondary N) is 1. The molecule has 35 heavy (non-hydrogen) atoms. The van der Waals surface area contributed by atoms with Gasteiger partial charge in [0.15, 0.2) is 0 Å². The summed E-state index contributed by atoms with van der Waals surface area (Å²) in [4.78, 5) is 26.0. The van der Waals surface area contributed by atoms with Crippen molar-refractivity contribution < 1.29 is 14.7 Å². The fraction of sp³-hybridized carbons (Fsp3) is 0.0968. The Labute approximate surface area is 202 Å². The van der Waals surface area contributed by atoms with E-state index in [9.17, 15) is 14.7 Å². The number of aliphatic carboxylic acids is 1. The van der Waals surface area contributed by atoms with E-state index in [1.807, 2.05) is 97.1 Å².